The number of hydrogen-bond acceptors (Lipinski definition) is 8. The SMILES string of the molecule is O=C1C[C@H](NC(=O)c2cccc(NC(=O)CCCCCCC(=O)Nc3cccc(C(=O)N[C@H]4CC(=O)NC4=O)c3)c2)C(=O)N1. The van der Waals surface area contributed by atoms with Crippen LogP contribution in [0.15, 0.2) is 48.5 Å². The van der Waals surface area contributed by atoms with E-state index in [9.17, 15) is 38.4 Å². The van der Waals surface area contributed by atoms with Crippen LogP contribution in [0.3, 0.4) is 0 Å². The van der Waals surface area contributed by atoms with Crippen molar-refractivity contribution in [1.82, 2.24) is 21.3 Å². The molecule has 2 aromatic rings. The van der Waals surface area contributed by atoms with Crippen molar-refractivity contribution in [1.29, 1.82) is 0 Å². The molecule has 44 heavy (non-hydrogen) atoms. The molecule has 2 aliphatic rings. The first kappa shape index (κ1) is 31.5. The maximum atomic E-state index is 12.5. The molecule has 4 rings (SSSR count). The first-order valence-corrected chi connectivity index (χ1v) is 14.2. The first-order chi connectivity index (χ1) is 21.1. The average molecular weight is 605 g/mol. The molecule has 0 unspecified atom stereocenters. The summed E-state index contributed by atoms with van der Waals surface area (Å²) in [5, 5.41) is 14.7. The van der Waals surface area contributed by atoms with Gasteiger partial charge in [0.2, 0.25) is 35.4 Å². The molecule has 2 heterocycles. The molecule has 0 aromatic heterocycles. The van der Waals surface area contributed by atoms with Crippen LogP contribution >= 0.6 is 0 Å². The fourth-order valence-electron chi connectivity index (χ4n) is 4.67. The number of amides is 8. The van der Waals surface area contributed by atoms with Gasteiger partial charge in [0.25, 0.3) is 11.8 Å². The maximum absolute atomic E-state index is 12.5. The minimum Gasteiger partial charge on any atom is -0.340 e. The smallest absolute Gasteiger partial charge is 0.252 e. The molecule has 0 spiro atoms. The molecule has 0 bridgehead atoms. The molecule has 230 valence electrons. The summed E-state index contributed by atoms with van der Waals surface area (Å²) in [5.74, 6) is -3.55. The summed E-state index contributed by atoms with van der Waals surface area (Å²) in [6.07, 6.45) is 2.90. The quantitative estimate of drug-likeness (QED) is 0.143. The topological polar surface area (TPSA) is 209 Å². The standard InChI is InChI=1S/C30H32N6O8/c37-23(31-19-9-5-7-17(13-19)27(41)33-21-15-25(39)35-29(21)43)11-3-1-2-4-12-24(38)32-20-10-6-8-18(14-20)28(42)34-22-16-26(40)36-30(22)44/h5-10,13-14,21-22H,1-4,11-12,15-16H2,(H,31,37)(H,32,38)(H,33,41)(H,34,42)(H,35,39,43)(H,36,40,44)/t21-,22-/m0/s1. The van der Waals surface area contributed by atoms with Crippen LogP contribution in [0.5, 0.6) is 0 Å². The van der Waals surface area contributed by atoms with Crippen LogP contribution in [-0.4, -0.2) is 59.3 Å². The van der Waals surface area contributed by atoms with Crippen LogP contribution in [0.25, 0.3) is 0 Å². The van der Waals surface area contributed by atoms with E-state index < -0.39 is 47.5 Å². The number of hydrogen-bond donors (Lipinski definition) is 6. The Labute approximate surface area is 252 Å². The van der Waals surface area contributed by atoms with E-state index in [-0.39, 0.29) is 48.6 Å². The molecule has 2 aliphatic heterocycles. The van der Waals surface area contributed by atoms with Gasteiger partial charge in [0.1, 0.15) is 12.1 Å². The molecule has 6 N–H and O–H groups in total. The molecule has 2 saturated heterocycles. The van der Waals surface area contributed by atoms with Gasteiger partial charge in [0.05, 0.1) is 12.8 Å². The first-order valence-electron chi connectivity index (χ1n) is 14.2. The van der Waals surface area contributed by atoms with E-state index in [0.717, 1.165) is 12.8 Å². The third-order valence-corrected chi connectivity index (χ3v) is 6.92. The molecule has 0 radical (unpaired) electrons. The summed E-state index contributed by atoms with van der Waals surface area (Å²) in [7, 11) is 0. The molecular formula is C30H32N6O8. The second-order valence-corrected chi connectivity index (χ2v) is 10.5. The molecule has 0 saturated carbocycles. The van der Waals surface area contributed by atoms with E-state index in [1.807, 2.05) is 0 Å². The fourth-order valence-corrected chi connectivity index (χ4v) is 4.67. The Bertz CT molecular complexity index is 1390. The van der Waals surface area contributed by atoms with E-state index in [1.54, 1.807) is 24.3 Å². The zero-order valence-electron chi connectivity index (χ0n) is 23.7. The van der Waals surface area contributed by atoms with E-state index in [0.29, 0.717) is 24.2 Å². The van der Waals surface area contributed by atoms with Crippen LogP contribution in [0.1, 0.15) is 72.1 Å². The lowest BCUT2D eigenvalue weighted by molar-refractivity contribution is -0.126. The van der Waals surface area contributed by atoms with Crippen molar-refractivity contribution < 1.29 is 38.4 Å². The summed E-state index contributed by atoms with van der Waals surface area (Å²) in [6, 6.07) is 10.7. The number of benzene rings is 2. The van der Waals surface area contributed by atoms with Gasteiger partial charge in [-0.2, -0.15) is 0 Å². The molecule has 8 amide bonds. The highest BCUT2D eigenvalue weighted by Gasteiger charge is 2.32. The lowest BCUT2D eigenvalue weighted by Gasteiger charge is -2.11. The number of rotatable bonds is 13. The van der Waals surface area contributed by atoms with Crippen molar-refractivity contribution in [3.8, 4) is 0 Å². The number of anilines is 2. The largest absolute Gasteiger partial charge is 0.340 e. The molecule has 14 nitrogen and oxygen atoms in total. The van der Waals surface area contributed by atoms with Crippen LogP contribution in [-0.2, 0) is 28.8 Å². The molecule has 14 heteroatoms. The van der Waals surface area contributed by atoms with Crippen molar-refractivity contribution in [3.05, 3.63) is 59.7 Å². The highest BCUT2D eigenvalue weighted by molar-refractivity contribution is 6.09. The van der Waals surface area contributed by atoms with Crippen LogP contribution in [0.2, 0.25) is 0 Å². The normalized spacial score (nSPS) is 17.5. The Morgan fingerprint density at radius 3 is 1.39 bits per heavy atom. The van der Waals surface area contributed by atoms with Gasteiger partial charge in [-0.05, 0) is 49.2 Å². The highest BCUT2D eigenvalue weighted by atomic mass is 16.2. The third kappa shape index (κ3) is 9.05. The van der Waals surface area contributed by atoms with Gasteiger partial charge >= 0.3 is 0 Å². The van der Waals surface area contributed by atoms with Gasteiger partial charge in [0, 0.05) is 35.3 Å². The monoisotopic (exact) mass is 604 g/mol. The highest BCUT2D eigenvalue weighted by Crippen LogP contribution is 2.15. The fraction of sp³-hybridized carbons (Fsp3) is 0.333. The Balaban J connectivity index is 1.11. The molecular weight excluding hydrogens is 572 g/mol. The number of carbonyl (C=O) groups is 8. The van der Waals surface area contributed by atoms with Crippen molar-refractivity contribution in [2.45, 2.75) is 63.5 Å². The lowest BCUT2D eigenvalue weighted by Crippen LogP contribution is -2.40. The van der Waals surface area contributed by atoms with E-state index in [2.05, 4.69) is 31.9 Å². The minimum absolute atomic E-state index is 0.116. The Kier molecular flexibility index (Phi) is 10.5. The zero-order chi connectivity index (χ0) is 31.6. The predicted octanol–water partition coefficient (Wildman–Crippen LogP) is 0.894. The average Bonchev–Trinajstić information content (AvgIpc) is 3.47. The van der Waals surface area contributed by atoms with Gasteiger partial charge < -0.3 is 21.3 Å². The Morgan fingerprint density at radius 2 is 1.02 bits per heavy atom. The third-order valence-electron chi connectivity index (χ3n) is 6.92. The van der Waals surface area contributed by atoms with Gasteiger partial charge in [-0.25, -0.2) is 0 Å². The van der Waals surface area contributed by atoms with Gasteiger partial charge in [-0.15, -0.1) is 0 Å². The summed E-state index contributed by atoms with van der Waals surface area (Å²) < 4.78 is 0. The minimum atomic E-state index is -0.924. The number of carbonyl (C=O) groups excluding carboxylic acids is 8. The predicted molar refractivity (Wildman–Crippen MR) is 156 cm³/mol. The molecule has 2 fully saturated rings. The molecule has 2 aromatic carbocycles. The van der Waals surface area contributed by atoms with E-state index in [1.165, 1.54) is 24.3 Å². The Morgan fingerprint density at radius 1 is 0.614 bits per heavy atom. The van der Waals surface area contributed by atoms with Crippen molar-refractivity contribution in [2.75, 3.05) is 10.6 Å². The van der Waals surface area contributed by atoms with Crippen LogP contribution in [0.4, 0.5) is 11.4 Å². The lowest BCUT2D eigenvalue weighted by atomic mass is 10.1. The second kappa shape index (κ2) is 14.7. The summed E-state index contributed by atoms with van der Waals surface area (Å²) in [6.45, 7) is 0. The number of unbranched alkanes of at least 4 members (excludes halogenated alkanes) is 3. The summed E-state index contributed by atoms with van der Waals surface area (Å²) in [5.41, 5.74) is 1.32. The van der Waals surface area contributed by atoms with Crippen LogP contribution < -0.4 is 31.9 Å². The van der Waals surface area contributed by atoms with Crippen molar-refractivity contribution >= 4 is 58.6 Å². The van der Waals surface area contributed by atoms with Crippen molar-refractivity contribution in [3.63, 3.8) is 0 Å². The van der Waals surface area contributed by atoms with Gasteiger partial charge in [-0.1, -0.05) is 25.0 Å². The van der Waals surface area contributed by atoms with E-state index >= 15 is 0 Å². The zero-order valence-corrected chi connectivity index (χ0v) is 23.7. The van der Waals surface area contributed by atoms with Gasteiger partial charge in [0.15, 0.2) is 0 Å². The number of nitrogens with one attached hydrogen (secondary N) is 6. The van der Waals surface area contributed by atoms with E-state index in [4.69, 9.17) is 0 Å². The molecule has 0 aliphatic carbocycles. The summed E-state index contributed by atoms with van der Waals surface area (Å²) in [4.78, 5) is 95.6. The summed E-state index contributed by atoms with van der Waals surface area (Å²) >= 11 is 0. The molecule has 2 atom stereocenters. The second-order valence-electron chi connectivity index (χ2n) is 10.5. The van der Waals surface area contributed by atoms with Gasteiger partial charge in [-0.3, -0.25) is 49.0 Å². The van der Waals surface area contributed by atoms with Crippen molar-refractivity contribution in [2.24, 2.45) is 0 Å². The number of imide groups is 2. The van der Waals surface area contributed by atoms with Crippen LogP contribution in [0, 0.1) is 0 Å². The maximum Gasteiger partial charge on any atom is 0.252 e. The Hall–Kier alpha value is -5.40.